The van der Waals surface area contributed by atoms with Crippen molar-refractivity contribution in [3.05, 3.63) is 0 Å². The molecule has 1 aliphatic heterocycles. The first-order valence-corrected chi connectivity index (χ1v) is 9.02. The number of nitrogens with zero attached hydrogens (tertiary/aromatic N) is 2. The van der Waals surface area contributed by atoms with Gasteiger partial charge in [0.1, 0.15) is 0 Å². The first kappa shape index (κ1) is 16.7. The standard InChI is InChI=1S/C18H34N2O2/c1-17(2)14-5-6-18(3,11-14)16(17)22-13-15(21)12-20-9-7-19(4)8-10-20/h14-16,21H,5-13H2,1-4H3/t14-,15+,16+,18-/m0/s1. The van der Waals surface area contributed by atoms with Gasteiger partial charge in [-0.05, 0) is 43.1 Å². The second-order valence-corrected chi connectivity index (χ2v) is 8.89. The minimum atomic E-state index is -0.359. The van der Waals surface area contributed by atoms with Crippen LogP contribution in [0.2, 0.25) is 0 Å². The van der Waals surface area contributed by atoms with Crippen LogP contribution in [0.4, 0.5) is 0 Å². The van der Waals surface area contributed by atoms with E-state index in [-0.39, 0.29) is 11.5 Å². The van der Waals surface area contributed by atoms with Gasteiger partial charge in [-0.1, -0.05) is 20.8 Å². The van der Waals surface area contributed by atoms with Crippen molar-refractivity contribution in [1.82, 2.24) is 9.80 Å². The highest BCUT2D eigenvalue weighted by Gasteiger charge is 2.60. The second-order valence-electron chi connectivity index (χ2n) is 8.89. The van der Waals surface area contributed by atoms with Gasteiger partial charge in [0.05, 0.1) is 18.8 Å². The fourth-order valence-corrected chi connectivity index (χ4v) is 5.26. The average molecular weight is 310 g/mol. The molecule has 4 atom stereocenters. The zero-order valence-electron chi connectivity index (χ0n) is 14.8. The van der Waals surface area contributed by atoms with Crippen molar-refractivity contribution >= 4 is 0 Å². The Morgan fingerprint density at radius 1 is 1.18 bits per heavy atom. The lowest BCUT2D eigenvalue weighted by Crippen LogP contribution is -2.48. The molecule has 0 amide bonds. The number of hydrogen-bond acceptors (Lipinski definition) is 4. The van der Waals surface area contributed by atoms with Crippen LogP contribution in [0.25, 0.3) is 0 Å². The summed E-state index contributed by atoms with van der Waals surface area (Å²) in [6.07, 6.45) is 3.90. The maximum absolute atomic E-state index is 10.4. The summed E-state index contributed by atoms with van der Waals surface area (Å²) in [7, 11) is 2.16. The summed E-state index contributed by atoms with van der Waals surface area (Å²) in [5.41, 5.74) is 0.599. The number of β-amino-alcohol motifs (C(OH)–C–C–N with tert-alkyl or cyclic N) is 1. The van der Waals surface area contributed by atoms with Crippen LogP contribution in [-0.4, -0.2) is 73.5 Å². The molecule has 1 N–H and O–H groups in total. The summed E-state index contributed by atoms with van der Waals surface area (Å²) in [5, 5.41) is 10.4. The minimum absolute atomic E-state index is 0.264. The summed E-state index contributed by atoms with van der Waals surface area (Å²) >= 11 is 0. The Morgan fingerprint density at radius 2 is 1.86 bits per heavy atom. The molecule has 0 unspecified atom stereocenters. The van der Waals surface area contributed by atoms with E-state index in [1.807, 2.05) is 0 Å². The second kappa shape index (κ2) is 6.04. The number of rotatable bonds is 5. The largest absolute Gasteiger partial charge is 0.389 e. The molecular weight excluding hydrogens is 276 g/mol. The van der Waals surface area contributed by atoms with Crippen molar-refractivity contribution in [2.45, 2.75) is 52.2 Å². The van der Waals surface area contributed by atoms with Gasteiger partial charge in [-0.15, -0.1) is 0 Å². The van der Waals surface area contributed by atoms with E-state index in [0.717, 1.165) is 38.6 Å². The van der Waals surface area contributed by atoms with Crippen LogP contribution in [0.15, 0.2) is 0 Å². The number of aliphatic hydroxyl groups is 1. The van der Waals surface area contributed by atoms with Crippen LogP contribution in [0, 0.1) is 16.7 Å². The molecule has 0 aromatic rings. The fraction of sp³-hybridized carbons (Fsp3) is 1.00. The van der Waals surface area contributed by atoms with Crippen LogP contribution >= 0.6 is 0 Å². The van der Waals surface area contributed by atoms with Gasteiger partial charge in [-0.2, -0.15) is 0 Å². The maximum Gasteiger partial charge on any atom is 0.0900 e. The molecule has 1 heterocycles. The molecule has 0 radical (unpaired) electrons. The van der Waals surface area contributed by atoms with E-state index >= 15 is 0 Å². The summed E-state index contributed by atoms with van der Waals surface area (Å²) in [4.78, 5) is 4.71. The molecule has 3 aliphatic rings. The first-order chi connectivity index (χ1) is 10.3. The number of aliphatic hydroxyl groups excluding tert-OH is 1. The molecule has 2 bridgehead atoms. The number of hydrogen-bond donors (Lipinski definition) is 1. The molecular formula is C18H34N2O2. The number of piperazine rings is 1. The Labute approximate surface area is 135 Å². The molecule has 2 aliphatic carbocycles. The van der Waals surface area contributed by atoms with Crippen molar-refractivity contribution in [2.24, 2.45) is 16.7 Å². The zero-order chi connectivity index (χ0) is 16.0. The molecule has 128 valence electrons. The quantitative estimate of drug-likeness (QED) is 0.840. The van der Waals surface area contributed by atoms with Crippen molar-refractivity contribution in [1.29, 1.82) is 0 Å². The number of fused-ring (bicyclic) bond motifs is 2. The predicted molar refractivity (Wildman–Crippen MR) is 88.9 cm³/mol. The summed E-state index contributed by atoms with van der Waals surface area (Å²) < 4.78 is 6.29. The van der Waals surface area contributed by atoms with Gasteiger partial charge < -0.3 is 14.7 Å². The average Bonchev–Trinajstić information content (AvgIpc) is 2.92. The van der Waals surface area contributed by atoms with Gasteiger partial charge in [-0.3, -0.25) is 4.90 Å². The normalized spacial score (nSPS) is 40.2. The zero-order valence-corrected chi connectivity index (χ0v) is 14.8. The Kier molecular flexibility index (Phi) is 4.59. The molecule has 3 fully saturated rings. The van der Waals surface area contributed by atoms with Crippen LogP contribution in [0.5, 0.6) is 0 Å². The van der Waals surface area contributed by atoms with Crippen LogP contribution in [0.3, 0.4) is 0 Å². The third-order valence-corrected chi connectivity index (χ3v) is 6.66. The molecule has 0 spiro atoms. The highest BCUT2D eigenvalue weighted by atomic mass is 16.5. The highest BCUT2D eigenvalue weighted by molar-refractivity contribution is 5.09. The number of ether oxygens (including phenoxy) is 1. The fourth-order valence-electron chi connectivity index (χ4n) is 5.26. The Balaban J connectivity index is 1.48. The van der Waals surface area contributed by atoms with Gasteiger partial charge in [-0.25, -0.2) is 0 Å². The van der Waals surface area contributed by atoms with E-state index in [1.54, 1.807) is 0 Å². The van der Waals surface area contributed by atoms with E-state index in [0.29, 0.717) is 18.1 Å². The smallest absolute Gasteiger partial charge is 0.0900 e. The summed E-state index contributed by atoms with van der Waals surface area (Å²) in [6.45, 7) is 12.7. The minimum Gasteiger partial charge on any atom is -0.389 e. The molecule has 4 nitrogen and oxygen atoms in total. The topological polar surface area (TPSA) is 35.9 Å². The van der Waals surface area contributed by atoms with E-state index < -0.39 is 0 Å². The van der Waals surface area contributed by atoms with Gasteiger partial charge in [0, 0.05) is 32.7 Å². The molecule has 3 rings (SSSR count). The van der Waals surface area contributed by atoms with E-state index in [4.69, 9.17) is 4.74 Å². The van der Waals surface area contributed by atoms with Crippen molar-refractivity contribution in [3.8, 4) is 0 Å². The van der Waals surface area contributed by atoms with Gasteiger partial charge >= 0.3 is 0 Å². The Hall–Kier alpha value is -0.160. The molecule has 22 heavy (non-hydrogen) atoms. The van der Waals surface area contributed by atoms with Crippen molar-refractivity contribution < 1.29 is 9.84 Å². The SMILES string of the molecule is CN1CCN(C[C@@H](O)CO[C@@H]2C(C)(C)[C@H]3CC[C@@]2(C)C3)CC1. The van der Waals surface area contributed by atoms with E-state index in [1.165, 1.54) is 19.3 Å². The van der Waals surface area contributed by atoms with E-state index in [9.17, 15) is 5.11 Å². The molecule has 2 saturated carbocycles. The molecule has 1 saturated heterocycles. The first-order valence-electron chi connectivity index (χ1n) is 9.02. The number of likely N-dealkylation sites (N-methyl/N-ethyl adjacent to an activating group) is 1. The lowest BCUT2D eigenvalue weighted by Gasteiger charge is -2.43. The van der Waals surface area contributed by atoms with Gasteiger partial charge in [0.15, 0.2) is 0 Å². The lowest BCUT2D eigenvalue weighted by atomic mass is 9.70. The highest BCUT2D eigenvalue weighted by Crippen LogP contribution is 2.63. The van der Waals surface area contributed by atoms with E-state index in [2.05, 4.69) is 37.6 Å². The van der Waals surface area contributed by atoms with Crippen LogP contribution in [-0.2, 0) is 4.74 Å². The van der Waals surface area contributed by atoms with Crippen molar-refractivity contribution in [3.63, 3.8) is 0 Å². The lowest BCUT2D eigenvalue weighted by molar-refractivity contribution is -0.114. The molecule has 0 aromatic carbocycles. The third-order valence-electron chi connectivity index (χ3n) is 6.66. The summed E-state index contributed by atoms with van der Waals surface area (Å²) in [6, 6.07) is 0. The van der Waals surface area contributed by atoms with Crippen LogP contribution < -0.4 is 0 Å². The summed E-state index contributed by atoms with van der Waals surface area (Å²) in [5.74, 6) is 0.803. The predicted octanol–water partition coefficient (Wildman–Crippen LogP) is 1.83. The maximum atomic E-state index is 10.4. The third kappa shape index (κ3) is 3.08. The Morgan fingerprint density at radius 3 is 2.45 bits per heavy atom. The molecule has 4 heteroatoms. The monoisotopic (exact) mass is 310 g/mol. The van der Waals surface area contributed by atoms with Crippen molar-refractivity contribution in [2.75, 3.05) is 46.4 Å². The Bertz CT molecular complexity index is 388. The molecule has 0 aromatic heterocycles. The van der Waals surface area contributed by atoms with Gasteiger partial charge in [0.2, 0.25) is 0 Å². The van der Waals surface area contributed by atoms with Crippen LogP contribution in [0.1, 0.15) is 40.0 Å². The van der Waals surface area contributed by atoms with Gasteiger partial charge in [0.25, 0.3) is 0 Å².